The van der Waals surface area contributed by atoms with Gasteiger partial charge in [-0.15, -0.1) is 0 Å². The molecule has 2 aromatic carbocycles. The normalized spacial score (nSPS) is 17.8. The summed E-state index contributed by atoms with van der Waals surface area (Å²) in [7, 11) is 0. The maximum absolute atomic E-state index is 13.0. The summed E-state index contributed by atoms with van der Waals surface area (Å²) in [6.45, 7) is 2.30. The van der Waals surface area contributed by atoms with E-state index in [1.807, 2.05) is 49.4 Å². The minimum atomic E-state index is -0.248. The van der Waals surface area contributed by atoms with Crippen molar-refractivity contribution in [2.24, 2.45) is 0 Å². The lowest BCUT2D eigenvalue weighted by atomic mass is 10.1. The molecule has 26 heavy (non-hydrogen) atoms. The number of para-hydroxylation sites is 2. The third kappa shape index (κ3) is 2.72. The molecule has 1 aromatic heterocycles. The van der Waals surface area contributed by atoms with E-state index >= 15 is 0 Å². The first-order valence-corrected chi connectivity index (χ1v) is 8.73. The molecule has 0 spiro atoms. The molecule has 1 atom stereocenters. The second-order valence-corrected chi connectivity index (χ2v) is 6.76. The number of aromatic nitrogens is 2. The van der Waals surface area contributed by atoms with Gasteiger partial charge in [-0.25, -0.2) is 0 Å². The fourth-order valence-electron chi connectivity index (χ4n) is 3.29. The summed E-state index contributed by atoms with van der Waals surface area (Å²) in [5.41, 5.74) is 1.80. The van der Waals surface area contributed by atoms with Crippen LogP contribution >= 0.6 is 11.6 Å². The lowest BCUT2D eigenvalue weighted by molar-refractivity contribution is -0.121. The van der Waals surface area contributed by atoms with Gasteiger partial charge in [-0.2, -0.15) is 5.10 Å². The third-order valence-corrected chi connectivity index (χ3v) is 4.98. The Morgan fingerprint density at radius 2 is 1.92 bits per heavy atom. The highest BCUT2D eigenvalue weighted by Crippen LogP contribution is 2.28. The van der Waals surface area contributed by atoms with Gasteiger partial charge in [-0.3, -0.25) is 14.7 Å². The number of H-pyrrole nitrogens is 1. The van der Waals surface area contributed by atoms with Crippen LogP contribution in [0.25, 0.3) is 10.9 Å². The van der Waals surface area contributed by atoms with Crippen molar-refractivity contribution in [2.45, 2.75) is 13.0 Å². The Labute approximate surface area is 155 Å². The van der Waals surface area contributed by atoms with Crippen molar-refractivity contribution in [2.75, 3.05) is 18.0 Å². The molecule has 2 heterocycles. The van der Waals surface area contributed by atoms with Gasteiger partial charge in [0.2, 0.25) is 5.91 Å². The maximum Gasteiger partial charge on any atom is 0.275 e. The number of rotatable bonds is 2. The van der Waals surface area contributed by atoms with Crippen LogP contribution in [-0.2, 0) is 4.79 Å². The lowest BCUT2D eigenvalue weighted by Gasteiger charge is -2.39. The molecule has 0 aliphatic carbocycles. The molecule has 1 fully saturated rings. The molecule has 0 saturated carbocycles. The number of carbonyl (C=O) groups excluding carboxylic acids is 2. The van der Waals surface area contributed by atoms with Gasteiger partial charge in [-0.05, 0) is 25.1 Å². The van der Waals surface area contributed by atoms with Gasteiger partial charge in [0.25, 0.3) is 5.91 Å². The predicted octanol–water partition coefficient (Wildman–Crippen LogP) is 3.09. The van der Waals surface area contributed by atoms with Crippen molar-refractivity contribution in [3.8, 4) is 0 Å². The minimum Gasteiger partial charge on any atom is -0.323 e. The van der Waals surface area contributed by atoms with E-state index in [1.165, 1.54) is 0 Å². The molecule has 1 aliphatic heterocycles. The molecule has 1 N–H and O–H groups in total. The fraction of sp³-hybridized carbons (Fsp3) is 0.211. The highest BCUT2D eigenvalue weighted by atomic mass is 35.5. The third-order valence-electron chi connectivity index (χ3n) is 4.66. The van der Waals surface area contributed by atoms with Gasteiger partial charge < -0.3 is 9.80 Å². The van der Waals surface area contributed by atoms with Crippen molar-refractivity contribution in [3.05, 3.63) is 59.2 Å². The molecule has 0 radical (unpaired) electrons. The summed E-state index contributed by atoms with van der Waals surface area (Å²) in [6, 6.07) is 14.5. The number of benzene rings is 2. The van der Waals surface area contributed by atoms with Crippen LogP contribution in [0.1, 0.15) is 17.4 Å². The number of halogens is 1. The summed E-state index contributed by atoms with van der Waals surface area (Å²) in [4.78, 5) is 28.9. The van der Waals surface area contributed by atoms with Crippen molar-refractivity contribution in [1.29, 1.82) is 0 Å². The summed E-state index contributed by atoms with van der Waals surface area (Å²) in [5, 5.41) is 8.30. The van der Waals surface area contributed by atoms with Crippen LogP contribution in [0.3, 0.4) is 0 Å². The Morgan fingerprint density at radius 1 is 1.19 bits per heavy atom. The number of carbonyl (C=O) groups is 2. The van der Waals surface area contributed by atoms with Gasteiger partial charge in [0, 0.05) is 18.0 Å². The number of piperazine rings is 1. The summed E-state index contributed by atoms with van der Waals surface area (Å²) in [5.74, 6) is -0.411. The average Bonchev–Trinajstić information content (AvgIpc) is 3.07. The summed E-state index contributed by atoms with van der Waals surface area (Å²) in [6.07, 6.45) is 0. The van der Waals surface area contributed by atoms with Crippen LogP contribution < -0.4 is 4.90 Å². The highest BCUT2D eigenvalue weighted by molar-refractivity contribution is 6.33. The molecular formula is C19H17ClN4O2. The van der Waals surface area contributed by atoms with Gasteiger partial charge in [0.1, 0.15) is 6.54 Å². The minimum absolute atomic E-state index is 0.00753. The summed E-state index contributed by atoms with van der Waals surface area (Å²) >= 11 is 6.23. The lowest BCUT2D eigenvalue weighted by Crippen LogP contribution is -2.57. The van der Waals surface area contributed by atoms with Crippen LogP contribution in [0.2, 0.25) is 5.02 Å². The van der Waals surface area contributed by atoms with Crippen LogP contribution in [0.5, 0.6) is 0 Å². The van der Waals surface area contributed by atoms with Crippen LogP contribution in [0.15, 0.2) is 48.5 Å². The van der Waals surface area contributed by atoms with Crippen molar-refractivity contribution >= 4 is 40.0 Å². The molecule has 2 amide bonds. The van der Waals surface area contributed by atoms with E-state index in [-0.39, 0.29) is 24.4 Å². The number of nitrogens with one attached hydrogen (secondary N) is 1. The maximum atomic E-state index is 13.0. The standard InChI is InChI=1S/C19H17ClN4O2/c1-12-10-24(16-9-5-3-7-14(16)20)17(25)11-23(12)19(26)18-13-6-2-4-8-15(13)21-22-18/h2-9,12H,10-11H2,1H3,(H,21,22)/t12-/m1/s1. The number of amides is 2. The van der Waals surface area contributed by atoms with Crippen LogP contribution in [0, 0.1) is 0 Å². The number of fused-ring (bicyclic) bond motifs is 1. The van der Waals surface area contributed by atoms with E-state index in [2.05, 4.69) is 10.2 Å². The zero-order chi connectivity index (χ0) is 18.3. The van der Waals surface area contributed by atoms with E-state index in [0.717, 1.165) is 10.9 Å². The number of anilines is 1. The van der Waals surface area contributed by atoms with Crippen LogP contribution in [-0.4, -0.2) is 46.0 Å². The first-order chi connectivity index (χ1) is 12.6. The molecule has 6 nitrogen and oxygen atoms in total. The quantitative estimate of drug-likeness (QED) is 0.755. The van der Waals surface area contributed by atoms with Gasteiger partial charge in [0.15, 0.2) is 5.69 Å². The topological polar surface area (TPSA) is 69.3 Å². The second-order valence-electron chi connectivity index (χ2n) is 6.36. The number of aromatic amines is 1. The van der Waals surface area contributed by atoms with E-state index in [1.54, 1.807) is 15.9 Å². The Bertz CT molecular complexity index is 1000. The Kier molecular flexibility index (Phi) is 4.12. The average molecular weight is 369 g/mol. The van der Waals surface area contributed by atoms with E-state index in [0.29, 0.717) is 22.9 Å². The zero-order valence-electron chi connectivity index (χ0n) is 14.1. The SMILES string of the molecule is C[C@@H]1CN(c2ccccc2Cl)C(=O)CN1C(=O)c1n[nH]c2ccccc12. The van der Waals surface area contributed by atoms with Gasteiger partial charge in [0.05, 0.1) is 16.2 Å². The molecule has 4 rings (SSSR count). The molecule has 132 valence electrons. The van der Waals surface area contributed by atoms with Crippen molar-refractivity contribution < 1.29 is 9.59 Å². The summed E-state index contributed by atoms with van der Waals surface area (Å²) < 4.78 is 0. The Morgan fingerprint density at radius 3 is 2.73 bits per heavy atom. The van der Waals surface area contributed by atoms with Crippen molar-refractivity contribution in [1.82, 2.24) is 15.1 Å². The Hall–Kier alpha value is -2.86. The Balaban J connectivity index is 1.61. The largest absolute Gasteiger partial charge is 0.323 e. The smallest absolute Gasteiger partial charge is 0.275 e. The number of nitrogens with zero attached hydrogens (tertiary/aromatic N) is 3. The van der Waals surface area contributed by atoms with E-state index in [9.17, 15) is 9.59 Å². The molecule has 0 bridgehead atoms. The van der Waals surface area contributed by atoms with Gasteiger partial charge in [-0.1, -0.05) is 41.9 Å². The highest BCUT2D eigenvalue weighted by Gasteiger charge is 2.35. The monoisotopic (exact) mass is 368 g/mol. The van der Waals surface area contributed by atoms with Crippen LogP contribution in [0.4, 0.5) is 5.69 Å². The molecule has 0 unspecified atom stereocenters. The van der Waals surface area contributed by atoms with Crippen molar-refractivity contribution in [3.63, 3.8) is 0 Å². The zero-order valence-corrected chi connectivity index (χ0v) is 14.9. The molecule has 3 aromatic rings. The molecular weight excluding hydrogens is 352 g/mol. The second kappa shape index (κ2) is 6.46. The predicted molar refractivity (Wildman–Crippen MR) is 100 cm³/mol. The fourth-order valence-corrected chi connectivity index (χ4v) is 3.53. The first kappa shape index (κ1) is 16.6. The molecule has 1 aliphatic rings. The van der Waals surface area contributed by atoms with E-state index in [4.69, 9.17) is 11.6 Å². The first-order valence-electron chi connectivity index (χ1n) is 8.35. The van der Waals surface area contributed by atoms with Gasteiger partial charge >= 0.3 is 0 Å². The number of hydrogen-bond acceptors (Lipinski definition) is 3. The molecule has 7 heteroatoms. The number of hydrogen-bond donors (Lipinski definition) is 1. The van der Waals surface area contributed by atoms with E-state index < -0.39 is 0 Å². The molecule has 1 saturated heterocycles.